The van der Waals surface area contributed by atoms with Crippen LogP contribution in [-0.2, 0) is 0 Å². The van der Waals surface area contributed by atoms with Crippen molar-refractivity contribution in [2.45, 2.75) is 6.92 Å². The van der Waals surface area contributed by atoms with Gasteiger partial charge in [0.15, 0.2) is 0 Å². The smallest absolute Gasteiger partial charge is 0.223 e. The molecule has 0 saturated carbocycles. The number of hydrogen-bond donors (Lipinski definition) is 0. The van der Waals surface area contributed by atoms with Crippen molar-refractivity contribution in [3.05, 3.63) is 65.9 Å². The Balaban J connectivity index is 1.99. The molecule has 0 N–H and O–H groups in total. The van der Waals surface area contributed by atoms with Crippen LogP contribution < -0.4 is 4.74 Å². The lowest BCUT2D eigenvalue weighted by Crippen LogP contribution is -1.93. The van der Waals surface area contributed by atoms with Gasteiger partial charge in [0.2, 0.25) is 5.28 Å². The molecule has 2 aromatic carbocycles. The molecular weight excluding hydrogens is 296 g/mol. The Morgan fingerprint density at radius 1 is 0.864 bits per heavy atom. The maximum atomic E-state index is 6.08. The van der Waals surface area contributed by atoms with Crippen LogP contribution in [0.2, 0.25) is 5.28 Å². The summed E-state index contributed by atoms with van der Waals surface area (Å²) >= 11 is 6.08. The first-order chi connectivity index (χ1) is 10.8. The molecule has 0 amide bonds. The van der Waals surface area contributed by atoms with Gasteiger partial charge in [0.05, 0.1) is 18.0 Å². The molecule has 0 fully saturated rings. The highest BCUT2D eigenvalue weighted by atomic mass is 35.5. The van der Waals surface area contributed by atoms with Gasteiger partial charge in [0.25, 0.3) is 0 Å². The Hall–Kier alpha value is -2.39. The molecule has 0 aliphatic carbocycles. The quantitative estimate of drug-likeness (QED) is 0.645. The van der Waals surface area contributed by atoms with E-state index in [-0.39, 0.29) is 5.28 Å². The van der Waals surface area contributed by atoms with Gasteiger partial charge in [0.1, 0.15) is 5.75 Å². The molecule has 1 aromatic heterocycles. The zero-order chi connectivity index (χ0) is 15.4. The van der Waals surface area contributed by atoms with Gasteiger partial charge in [-0.2, -0.15) is 0 Å². The highest BCUT2D eigenvalue weighted by molar-refractivity contribution is 6.28. The molecule has 0 saturated heterocycles. The standard InChI is InChI=1S/C18H15ClN2O/c1-2-22-15-10-8-14(9-11-15)17-12-16(20-18(19)21-17)13-6-4-3-5-7-13/h3-12H,2H2,1H3. The van der Waals surface area contributed by atoms with Crippen LogP contribution in [0.15, 0.2) is 60.7 Å². The van der Waals surface area contributed by atoms with Gasteiger partial charge in [0, 0.05) is 11.1 Å². The molecule has 0 aliphatic rings. The van der Waals surface area contributed by atoms with E-state index in [9.17, 15) is 0 Å². The van der Waals surface area contributed by atoms with Gasteiger partial charge in [-0.15, -0.1) is 0 Å². The maximum absolute atomic E-state index is 6.08. The zero-order valence-electron chi connectivity index (χ0n) is 12.2. The summed E-state index contributed by atoms with van der Waals surface area (Å²) in [6.45, 7) is 2.61. The van der Waals surface area contributed by atoms with Gasteiger partial charge < -0.3 is 4.74 Å². The summed E-state index contributed by atoms with van der Waals surface area (Å²) in [4.78, 5) is 8.62. The van der Waals surface area contributed by atoms with Gasteiger partial charge in [-0.05, 0) is 48.9 Å². The Morgan fingerprint density at radius 2 is 1.45 bits per heavy atom. The lowest BCUT2D eigenvalue weighted by Gasteiger charge is -2.07. The summed E-state index contributed by atoms with van der Waals surface area (Å²) in [6.07, 6.45) is 0. The van der Waals surface area contributed by atoms with Gasteiger partial charge in [-0.25, -0.2) is 9.97 Å². The van der Waals surface area contributed by atoms with Crippen molar-refractivity contribution < 1.29 is 4.74 Å². The van der Waals surface area contributed by atoms with Crippen LogP contribution in [-0.4, -0.2) is 16.6 Å². The Morgan fingerprint density at radius 3 is 2.05 bits per heavy atom. The highest BCUT2D eigenvalue weighted by Crippen LogP contribution is 2.26. The van der Waals surface area contributed by atoms with Crippen molar-refractivity contribution in [2.24, 2.45) is 0 Å². The highest BCUT2D eigenvalue weighted by Gasteiger charge is 2.07. The average Bonchev–Trinajstić information content (AvgIpc) is 2.56. The molecule has 4 heteroatoms. The Labute approximate surface area is 134 Å². The zero-order valence-corrected chi connectivity index (χ0v) is 12.9. The van der Waals surface area contributed by atoms with E-state index >= 15 is 0 Å². The SMILES string of the molecule is CCOc1ccc(-c2cc(-c3ccccc3)nc(Cl)n2)cc1. The maximum Gasteiger partial charge on any atom is 0.223 e. The third-order valence-corrected chi connectivity index (χ3v) is 3.40. The van der Waals surface area contributed by atoms with E-state index in [1.54, 1.807) is 0 Å². The molecule has 0 radical (unpaired) electrons. The second kappa shape index (κ2) is 6.58. The topological polar surface area (TPSA) is 35.0 Å². The molecule has 110 valence electrons. The van der Waals surface area contributed by atoms with Crippen LogP contribution in [0.5, 0.6) is 5.75 Å². The van der Waals surface area contributed by atoms with Crippen LogP contribution in [0.25, 0.3) is 22.5 Å². The van der Waals surface area contributed by atoms with Crippen LogP contribution in [0.4, 0.5) is 0 Å². The summed E-state index contributed by atoms with van der Waals surface area (Å²) in [5.74, 6) is 0.842. The molecule has 0 aliphatic heterocycles. The van der Waals surface area contributed by atoms with Crippen molar-refractivity contribution in [1.82, 2.24) is 9.97 Å². The number of hydrogen-bond acceptors (Lipinski definition) is 3. The lowest BCUT2D eigenvalue weighted by molar-refractivity contribution is 0.340. The first-order valence-corrected chi connectivity index (χ1v) is 7.47. The Kier molecular flexibility index (Phi) is 4.35. The average molecular weight is 311 g/mol. The monoisotopic (exact) mass is 310 g/mol. The van der Waals surface area contributed by atoms with E-state index in [4.69, 9.17) is 16.3 Å². The molecule has 0 spiro atoms. The van der Waals surface area contributed by atoms with Gasteiger partial charge >= 0.3 is 0 Å². The molecule has 3 rings (SSSR count). The van der Waals surface area contributed by atoms with E-state index < -0.39 is 0 Å². The second-order valence-corrected chi connectivity index (χ2v) is 5.07. The number of ether oxygens (including phenoxy) is 1. The van der Waals surface area contributed by atoms with Crippen LogP contribution in [0, 0.1) is 0 Å². The predicted molar refractivity (Wildman–Crippen MR) is 89.1 cm³/mol. The first-order valence-electron chi connectivity index (χ1n) is 7.09. The van der Waals surface area contributed by atoms with Crippen molar-refractivity contribution in [3.8, 4) is 28.3 Å². The summed E-state index contributed by atoms with van der Waals surface area (Å²) in [5.41, 5.74) is 3.59. The van der Waals surface area contributed by atoms with Gasteiger partial charge in [-0.3, -0.25) is 0 Å². The number of rotatable bonds is 4. The van der Waals surface area contributed by atoms with Gasteiger partial charge in [-0.1, -0.05) is 30.3 Å². The van der Waals surface area contributed by atoms with Crippen LogP contribution >= 0.6 is 11.6 Å². The summed E-state index contributed by atoms with van der Waals surface area (Å²) in [6, 6.07) is 19.7. The lowest BCUT2D eigenvalue weighted by atomic mass is 10.1. The number of halogens is 1. The Bertz CT molecular complexity index is 758. The largest absolute Gasteiger partial charge is 0.494 e. The molecule has 3 nitrogen and oxygen atoms in total. The molecule has 0 bridgehead atoms. The minimum absolute atomic E-state index is 0.241. The van der Waals surface area contributed by atoms with E-state index in [1.165, 1.54) is 0 Å². The second-order valence-electron chi connectivity index (χ2n) is 4.73. The molecule has 22 heavy (non-hydrogen) atoms. The number of benzene rings is 2. The molecule has 1 heterocycles. The molecular formula is C18H15ClN2O. The third kappa shape index (κ3) is 3.26. The van der Waals surface area contributed by atoms with Crippen molar-refractivity contribution >= 4 is 11.6 Å². The number of aromatic nitrogens is 2. The van der Waals surface area contributed by atoms with E-state index in [0.29, 0.717) is 6.61 Å². The van der Waals surface area contributed by atoms with Crippen LogP contribution in [0.1, 0.15) is 6.92 Å². The molecule has 3 aromatic rings. The molecule has 0 atom stereocenters. The van der Waals surface area contributed by atoms with Crippen molar-refractivity contribution in [1.29, 1.82) is 0 Å². The minimum atomic E-state index is 0.241. The molecule has 0 unspecified atom stereocenters. The minimum Gasteiger partial charge on any atom is -0.494 e. The van der Waals surface area contributed by atoms with Crippen molar-refractivity contribution in [3.63, 3.8) is 0 Å². The van der Waals surface area contributed by atoms with Crippen molar-refractivity contribution in [2.75, 3.05) is 6.61 Å². The summed E-state index contributed by atoms with van der Waals surface area (Å²) < 4.78 is 5.45. The van der Waals surface area contributed by atoms with E-state index in [2.05, 4.69) is 9.97 Å². The van der Waals surface area contributed by atoms with E-state index in [0.717, 1.165) is 28.3 Å². The predicted octanol–water partition coefficient (Wildman–Crippen LogP) is 4.86. The fraction of sp³-hybridized carbons (Fsp3) is 0.111. The van der Waals surface area contributed by atoms with E-state index in [1.807, 2.05) is 67.6 Å². The fourth-order valence-electron chi connectivity index (χ4n) is 2.21. The summed E-state index contributed by atoms with van der Waals surface area (Å²) in [5, 5.41) is 0.241. The normalized spacial score (nSPS) is 10.5. The fourth-order valence-corrected chi connectivity index (χ4v) is 2.39. The number of nitrogens with zero attached hydrogens (tertiary/aromatic N) is 2. The summed E-state index contributed by atoms with van der Waals surface area (Å²) in [7, 11) is 0. The third-order valence-electron chi connectivity index (χ3n) is 3.23. The first kappa shape index (κ1) is 14.5. The van der Waals surface area contributed by atoms with Crippen LogP contribution in [0.3, 0.4) is 0 Å².